The Kier molecular flexibility index (Phi) is 23.9. The summed E-state index contributed by atoms with van der Waals surface area (Å²) in [6, 6.07) is 72.7. The van der Waals surface area contributed by atoms with E-state index >= 15 is 0 Å². The summed E-state index contributed by atoms with van der Waals surface area (Å²) >= 11 is 0. The van der Waals surface area contributed by atoms with Gasteiger partial charge in [0.15, 0.2) is 69.0 Å². The highest BCUT2D eigenvalue weighted by atomic mass is 32.2. The molecule has 0 amide bonds. The van der Waals surface area contributed by atoms with Gasteiger partial charge in [0.05, 0.1) is 86.3 Å². The first kappa shape index (κ1) is 75.3. The molecule has 12 aromatic carbocycles. The van der Waals surface area contributed by atoms with Crippen LogP contribution in [0.3, 0.4) is 0 Å². The molecule has 0 N–H and O–H groups in total. The summed E-state index contributed by atoms with van der Waals surface area (Å²) in [6.07, 6.45) is 1.73. The van der Waals surface area contributed by atoms with Crippen LogP contribution in [0.25, 0.3) is 0 Å². The van der Waals surface area contributed by atoms with Gasteiger partial charge in [-0.05, 0) is 243 Å². The molecular formula is C85H78O18S3. The molecule has 18 nitrogen and oxygen atoms in total. The summed E-state index contributed by atoms with van der Waals surface area (Å²) in [6.45, 7) is 3.81. The molecule has 0 spiro atoms. The lowest BCUT2D eigenvalue weighted by Crippen LogP contribution is -2.02. The van der Waals surface area contributed by atoms with Gasteiger partial charge in [0.2, 0.25) is 29.5 Å². The molecule has 0 saturated carbocycles. The Hall–Kier alpha value is -11.9. The number of rotatable bonds is 28. The van der Waals surface area contributed by atoms with Gasteiger partial charge in [0.25, 0.3) is 0 Å². The summed E-state index contributed by atoms with van der Waals surface area (Å²) in [5, 5.41) is 0. The average Bonchev–Trinajstić information content (AvgIpc) is 0.806. The molecule has 0 radical (unpaired) electrons. The minimum atomic E-state index is -3.83. The van der Waals surface area contributed by atoms with Crippen molar-refractivity contribution in [2.75, 3.05) is 56.9 Å². The van der Waals surface area contributed by atoms with Crippen molar-refractivity contribution in [2.24, 2.45) is 0 Å². The second kappa shape index (κ2) is 33.7. The molecule has 0 atom stereocenters. The summed E-state index contributed by atoms with van der Waals surface area (Å²) in [4.78, 5) is 1.03. The number of hydrogen-bond donors (Lipinski definition) is 0. The second-order valence-electron chi connectivity index (χ2n) is 24.2. The Morgan fingerprint density at radius 2 is 0.462 bits per heavy atom. The molecule has 12 rings (SSSR count). The monoisotopic (exact) mass is 1480 g/mol. The standard InChI is InChI=1S/C44H42O10S.C41H36O8S2/c1-47-37-19-7-29(25-41(37)49-3)23-31-9-21-39(43(27-31)51-5)53-33-11-15-35(16-12-33)55(45,46)36-17-13-34(14-18-36)54-40-22-10-32(28-44(40)52-6)24-30-8-20-38(48-2)42(26-30)50-4;1-28-8-17-34(18-9-28)50(42,43)36-21-13-32(14-22-36)48-38-25-12-30(27-40(38)47-4)26-31-6-5-7-39(46-3)41(31)49-33-15-23-37(24-16-33)51(44,45)35-19-10-29(2)11-20-35/h7-22,25-28H,23-24H2,1-6H3;5-25,27H,26H2,1-4H3. The third-order valence-corrected chi connectivity index (χ3v) is 22.5. The van der Waals surface area contributed by atoms with Gasteiger partial charge >= 0.3 is 0 Å². The van der Waals surface area contributed by atoms with E-state index in [4.69, 9.17) is 56.8 Å². The molecule has 544 valence electrons. The number of ether oxygens (including phenoxy) is 12. The smallest absolute Gasteiger partial charge is 0.206 e. The van der Waals surface area contributed by atoms with Gasteiger partial charge in [-0.15, -0.1) is 0 Å². The van der Waals surface area contributed by atoms with Crippen LogP contribution in [0.4, 0.5) is 0 Å². The number of sulfone groups is 3. The van der Waals surface area contributed by atoms with Crippen molar-refractivity contribution in [3.05, 3.63) is 299 Å². The molecule has 0 heterocycles. The predicted octanol–water partition coefficient (Wildman–Crippen LogP) is 18.5. The van der Waals surface area contributed by atoms with Crippen molar-refractivity contribution < 1.29 is 82.1 Å². The predicted molar refractivity (Wildman–Crippen MR) is 404 cm³/mol. The maximum Gasteiger partial charge on any atom is 0.206 e. The molecule has 0 aliphatic rings. The van der Waals surface area contributed by atoms with Gasteiger partial charge in [-0.25, -0.2) is 25.3 Å². The summed E-state index contributed by atoms with van der Waals surface area (Å²) in [5.41, 5.74) is 7.78. The molecule has 106 heavy (non-hydrogen) atoms. The van der Waals surface area contributed by atoms with E-state index in [2.05, 4.69) is 0 Å². The van der Waals surface area contributed by atoms with Crippen molar-refractivity contribution in [1.82, 2.24) is 0 Å². The third kappa shape index (κ3) is 17.8. The number of hydrogen-bond acceptors (Lipinski definition) is 18. The molecule has 12 aromatic rings. The molecule has 21 heteroatoms. The zero-order valence-corrected chi connectivity index (χ0v) is 62.4. The van der Waals surface area contributed by atoms with Crippen molar-refractivity contribution >= 4 is 29.5 Å². The summed E-state index contributed by atoms with van der Waals surface area (Å²) in [5.74, 6) is 8.48. The van der Waals surface area contributed by atoms with E-state index in [0.717, 1.165) is 44.5 Å². The minimum absolute atomic E-state index is 0.123. The van der Waals surface area contributed by atoms with Crippen LogP contribution < -0.4 is 56.8 Å². The molecule has 0 aromatic heterocycles. The Morgan fingerprint density at radius 1 is 0.226 bits per heavy atom. The zero-order chi connectivity index (χ0) is 75.1. The molecule has 0 fully saturated rings. The van der Waals surface area contributed by atoms with Crippen LogP contribution in [-0.2, 0) is 48.8 Å². The minimum Gasteiger partial charge on any atom is -0.493 e. The van der Waals surface area contributed by atoms with Crippen molar-refractivity contribution in [2.45, 2.75) is 62.5 Å². The first-order chi connectivity index (χ1) is 51.1. The van der Waals surface area contributed by atoms with E-state index in [-0.39, 0.29) is 29.4 Å². The molecule has 0 aliphatic carbocycles. The first-order valence-corrected chi connectivity index (χ1v) is 37.7. The van der Waals surface area contributed by atoms with Crippen LogP contribution >= 0.6 is 0 Å². The Morgan fingerprint density at radius 3 is 0.736 bits per heavy atom. The maximum atomic E-state index is 13.5. The Balaban J connectivity index is 0.000000212. The quantitative estimate of drug-likeness (QED) is 0.0446. The normalized spacial score (nSPS) is 11.3. The largest absolute Gasteiger partial charge is 0.493 e. The van der Waals surface area contributed by atoms with Crippen molar-refractivity contribution in [3.8, 4) is 92.0 Å². The molecule has 0 aliphatic heterocycles. The molecular weight excluding hydrogens is 1410 g/mol. The van der Waals surface area contributed by atoms with E-state index in [1.807, 2.05) is 111 Å². The number of aryl methyl sites for hydroxylation is 2. The lowest BCUT2D eigenvalue weighted by atomic mass is 10.0. The first-order valence-electron chi connectivity index (χ1n) is 33.2. The topological polar surface area (TPSA) is 213 Å². The van der Waals surface area contributed by atoms with Crippen LogP contribution in [0.1, 0.15) is 44.5 Å². The second-order valence-corrected chi connectivity index (χ2v) is 30.1. The van der Waals surface area contributed by atoms with Gasteiger partial charge in [0, 0.05) is 12.0 Å². The lowest BCUT2D eigenvalue weighted by molar-refractivity contribution is 0.354. The van der Waals surface area contributed by atoms with E-state index in [0.29, 0.717) is 111 Å². The fourth-order valence-corrected chi connectivity index (χ4v) is 15.2. The van der Waals surface area contributed by atoms with Crippen molar-refractivity contribution in [3.63, 3.8) is 0 Å². The van der Waals surface area contributed by atoms with Crippen LogP contribution in [0.15, 0.2) is 284 Å². The van der Waals surface area contributed by atoms with Gasteiger partial charge < -0.3 is 56.8 Å². The highest BCUT2D eigenvalue weighted by molar-refractivity contribution is 7.92. The van der Waals surface area contributed by atoms with Gasteiger partial charge in [-0.2, -0.15) is 0 Å². The number of benzene rings is 12. The molecule has 0 bridgehead atoms. The van der Waals surface area contributed by atoms with E-state index in [9.17, 15) is 25.3 Å². The zero-order valence-electron chi connectivity index (χ0n) is 59.9. The fourth-order valence-electron chi connectivity index (χ4n) is 11.5. The van der Waals surface area contributed by atoms with Crippen molar-refractivity contribution in [1.29, 1.82) is 0 Å². The van der Waals surface area contributed by atoms with E-state index in [1.54, 1.807) is 166 Å². The van der Waals surface area contributed by atoms with Crippen LogP contribution in [0.2, 0.25) is 0 Å². The number of methoxy groups -OCH3 is 8. The molecule has 0 saturated heterocycles. The van der Waals surface area contributed by atoms with E-state index < -0.39 is 29.5 Å². The van der Waals surface area contributed by atoms with Gasteiger partial charge in [-0.1, -0.05) is 77.9 Å². The highest BCUT2D eigenvalue weighted by Crippen LogP contribution is 2.42. The Labute approximate surface area is 618 Å². The van der Waals surface area contributed by atoms with Crippen LogP contribution in [0, 0.1) is 13.8 Å². The molecule has 0 unspecified atom stereocenters. The SMILES string of the molecule is COc1cc(Cc2cccc(OC)c2Oc2ccc(S(=O)(=O)c3ccc(C)cc3)cc2)ccc1Oc1ccc(S(=O)(=O)c2ccc(C)cc2)cc1.COc1ccc(Cc2ccc(Oc3ccc(S(=O)(=O)c4ccc(Oc5ccc(Cc6ccc(OC)c(OC)c6)cc5OC)cc4)cc3)c(OC)c2)cc1OC. The van der Waals surface area contributed by atoms with E-state index in [1.165, 1.54) is 48.5 Å². The third-order valence-electron chi connectivity index (χ3n) is 17.2. The summed E-state index contributed by atoms with van der Waals surface area (Å²) in [7, 11) is 1.50. The number of para-hydroxylation sites is 1. The van der Waals surface area contributed by atoms with Gasteiger partial charge in [-0.3, -0.25) is 0 Å². The lowest BCUT2D eigenvalue weighted by Gasteiger charge is -2.16. The maximum absolute atomic E-state index is 13.5. The van der Waals surface area contributed by atoms with Crippen LogP contribution in [-0.4, -0.2) is 82.1 Å². The highest BCUT2D eigenvalue weighted by Gasteiger charge is 2.23. The van der Waals surface area contributed by atoms with Crippen LogP contribution in [0.5, 0.6) is 92.0 Å². The Bertz CT molecular complexity index is 5240. The summed E-state index contributed by atoms with van der Waals surface area (Å²) < 4.78 is 148. The fraction of sp³-hybridized carbons (Fsp3) is 0.153. The average molecular weight is 1480 g/mol. The van der Waals surface area contributed by atoms with Gasteiger partial charge in [0.1, 0.15) is 23.0 Å².